The van der Waals surface area contributed by atoms with E-state index in [0.29, 0.717) is 18.8 Å². The van der Waals surface area contributed by atoms with Crippen LogP contribution in [0.1, 0.15) is 21.1 Å². The number of carboxylic acid groups (broad SMARTS) is 1. The van der Waals surface area contributed by atoms with Crippen LogP contribution in [0.25, 0.3) is 0 Å². The van der Waals surface area contributed by atoms with E-state index in [2.05, 4.69) is 10.3 Å². The molecule has 0 fully saturated rings. The minimum atomic E-state index is -1.03. The number of hydrogen-bond acceptors (Lipinski definition) is 4. The Morgan fingerprint density at radius 3 is 2.89 bits per heavy atom. The SMILES string of the molecule is O=C(O)c1nc(CNCc2ccc(F)c(Cl)c2)cs1. The van der Waals surface area contributed by atoms with E-state index in [1.165, 1.54) is 6.07 Å². The van der Waals surface area contributed by atoms with Crippen molar-refractivity contribution in [2.75, 3.05) is 0 Å². The number of aromatic carboxylic acids is 1. The first-order valence-electron chi connectivity index (χ1n) is 5.38. The molecule has 0 atom stereocenters. The van der Waals surface area contributed by atoms with Crippen molar-refractivity contribution in [2.24, 2.45) is 0 Å². The van der Waals surface area contributed by atoms with Crippen molar-refractivity contribution in [3.8, 4) is 0 Å². The summed E-state index contributed by atoms with van der Waals surface area (Å²) in [6.45, 7) is 0.943. The molecule has 7 heteroatoms. The molecule has 1 aromatic carbocycles. The van der Waals surface area contributed by atoms with Gasteiger partial charge in [-0.05, 0) is 17.7 Å². The number of thiazole rings is 1. The standard InChI is InChI=1S/C12H10ClFN2O2S/c13-9-3-7(1-2-10(9)14)4-15-5-8-6-19-11(16-8)12(17)18/h1-3,6,15H,4-5H2,(H,17,18). The molecule has 0 aliphatic carbocycles. The maximum atomic E-state index is 12.9. The molecule has 0 bridgehead atoms. The van der Waals surface area contributed by atoms with Crippen molar-refractivity contribution < 1.29 is 14.3 Å². The Morgan fingerprint density at radius 1 is 1.47 bits per heavy atom. The van der Waals surface area contributed by atoms with E-state index in [4.69, 9.17) is 16.7 Å². The Morgan fingerprint density at radius 2 is 2.26 bits per heavy atom. The van der Waals surface area contributed by atoms with Crippen molar-refractivity contribution >= 4 is 28.9 Å². The highest BCUT2D eigenvalue weighted by atomic mass is 35.5. The van der Waals surface area contributed by atoms with Gasteiger partial charge in [-0.2, -0.15) is 0 Å². The monoisotopic (exact) mass is 300 g/mol. The first-order valence-corrected chi connectivity index (χ1v) is 6.64. The molecular weight excluding hydrogens is 291 g/mol. The van der Waals surface area contributed by atoms with Gasteiger partial charge >= 0.3 is 5.97 Å². The van der Waals surface area contributed by atoms with Gasteiger partial charge in [0.2, 0.25) is 5.01 Å². The van der Waals surface area contributed by atoms with E-state index < -0.39 is 11.8 Å². The highest BCUT2D eigenvalue weighted by Crippen LogP contribution is 2.16. The third kappa shape index (κ3) is 3.73. The Labute approximate surface area is 117 Å². The zero-order chi connectivity index (χ0) is 13.8. The molecule has 0 saturated heterocycles. The number of carboxylic acids is 1. The topological polar surface area (TPSA) is 62.2 Å². The number of aromatic nitrogens is 1. The molecule has 0 amide bonds. The van der Waals surface area contributed by atoms with Gasteiger partial charge in [-0.1, -0.05) is 17.7 Å². The number of rotatable bonds is 5. The van der Waals surface area contributed by atoms with E-state index in [9.17, 15) is 9.18 Å². The molecule has 4 nitrogen and oxygen atoms in total. The third-order valence-electron chi connectivity index (χ3n) is 2.35. The molecule has 0 aliphatic rings. The zero-order valence-corrected chi connectivity index (χ0v) is 11.3. The molecule has 0 saturated carbocycles. The summed E-state index contributed by atoms with van der Waals surface area (Å²) in [6.07, 6.45) is 0. The lowest BCUT2D eigenvalue weighted by molar-refractivity contribution is 0.0696. The van der Waals surface area contributed by atoms with Gasteiger partial charge in [0.15, 0.2) is 0 Å². The van der Waals surface area contributed by atoms with Gasteiger partial charge in [0.1, 0.15) is 5.82 Å². The normalized spacial score (nSPS) is 10.6. The van der Waals surface area contributed by atoms with Gasteiger partial charge in [-0.3, -0.25) is 0 Å². The first kappa shape index (κ1) is 13.9. The Kier molecular flexibility index (Phi) is 4.47. The smallest absolute Gasteiger partial charge is 0.365 e. The number of hydrogen-bond donors (Lipinski definition) is 2. The molecule has 2 N–H and O–H groups in total. The number of benzene rings is 1. The van der Waals surface area contributed by atoms with Crippen molar-refractivity contribution in [1.82, 2.24) is 10.3 Å². The second-order valence-corrected chi connectivity index (χ2v) is 5.07. The van der Waals surface area contributed by atoms with Gasteiger partial charge in [0.05, 0.1) is 10.7 Å². The predicted molar refractivity (Wildman–Crippen MR) is 71.0 cm³/mol. The average molecular weight is 301 g/mol. The number of nitrogens with one attached hydrogen (secondary N) is 1. The predicted octanol–water partition coefficient (Wildman–Crippen LogP) is 2.92. The molecule has 1 aromatic heterocycles. The maximum Gasteiger partial charge on any atom is 0.365 e. The lowest BCUT2D eigenvalue weighted by atomic mass is 10.2. The summed E-state index contributed by atoms with van der Waals surface area (Å²) in [4.78, 5) is 14.6. The van der Waals surface area contributed by atoms with E-state index >= 15 is 0 Å². The van der Waals surface area contributed by atoms with Gasteiger partial charge in [-0.15, -0.1) is 11.3 Å². The quantitative estimate of drug-likeness (QED) is 0.891. The van der Waals surface area contributed by atoms with Crippen LogP contribution < -0.4 is 5.32 Å². The van der Waals surface area contributed by atoms with Crippen molar-refractivity contribution in [3.63, 3.8) is 0 Å². The number of halogens is 2. The van der Waals surface area contributed by atoms with Crippen LogP contribution >= 0.6 is 22.9 Å². The second-order valence-electron chi connectivity index (χ2n) is 3.80. The van der Waals surface area contributed by atoms with Gasteiger partial charge in [0.25, 0.3) is 0 Å². The largest absolute Gasteiger partial charge is 0.476 e. The van der Waals surface area contributed by atoms with E-state index in [-0.39, 0.29) is 10.0 Å². The Hall–Kier alpha value is -1.50. The fourth-order valence-corrected chi connectivity index (χ4v) is 2.33. The van der Waals surface area contributed by atoms with Gasteiger partial charge < -0.3 is 10.4 Å². The molecule has 2 aromatic rings. The van der Waals surface area contributed by atoms with Crippen molar-refractivity contribution in [2.45, 2.75) is 13.1 Å². The lowest BCUT2D eigenvalue weighted by Crippen LogP contribution is -2.13. The summed E-state index contributed by atoms with van der Waals surface area (Å²) >= 11 is 6.76. The summed E-state index contributed by atoms with van der Waals surface area (Å²) in [5.74, 6) is -1.47. The fraction of sp³-hybridized carbons (Fsp3) is 0.167. The molecular formula is C12H10ClFN2O2S. The molecule has 19 heavy (non-hydrogen) atoms. The van der Waals surface area contributed by atoms with Crippen LogP contribution in [-0.4, -0.2) is 16.1 Å². The average Bonchev–Trinajstić information content (AvgIpc) is 2.83. The first-order chi connectivity index (χ1) is 9.06. The molecule has 100 valence electrons. The van der Waals surface area contributed by atoms with Crippen LogP contribution in [0.15, 0.2) is 23.6 Å². The summed E-state index contributed by atoms with van der Waals surface area (Å²) < 4.78 is 12.9. The fourth-order valence-electron chi connectivity index (χ4n) is 1.47. The molecule has 2 rings (SSSR count). The summed E-state index contributed by atoms with van der Waals surface area (Å²) in [5, 5.41) is 13.7. The van der Waals surface area contributed by atoms with Crippen molar-refractivity contribution in [1.29, 1.82) is 0 Å². The van der Waals surface area contributed by atoms with Crippen molar-refractivity contribution in [3.05, 3.63) is 50.7 Å². The third-order valence-corrected chi connectivity index (χ3v) is 3.52. The lowest BCUT2D eigenvalue weighted by Gasteiger charge is -2.04. The van der Waals surface area contributed by atoms with Crippen LogP contribution in [0.4, 0.5) is 4.39 Å². The second kappa shape index (κ2) is 6.10. The van der Waals surface area contributed by atoms with E-state index in [0.717, 1.165) is 16.9 Å². The van der Waals surface area contributed by atoms with Crippen LogP contribution in [0.2, 0.25) is 5.02 Å². The minimum Gasteiger partial charge on any atom is -0.476 e. The molecule has 1 heterocycles. The molecule has 0 radical (unpaired) electrons. The highest BCUT2D eigenvalue weighted by Gasteiger charge is 2.08. The molecule has 0 spiro atoms. The summed E-state index contributed by atoms with van der Waals surface area (Å²) in [5.41, 5.74) is 1.51. The maximum absolute atomic E-state index is 12.9. The Balaban J connectivity index is 1.88. The van der Waals surface area contributed by atoms with Crippen LogP contribution in [0.3, 0.4) is 0 Å². The zero-order valence-electron chi connectivity index (χ0n) is 9.69. The summed E-state index contributed by atoms with van der Waals surface area (Å²) in [6, 6.07) is 4.50. The molecule has 0 aliphatic heterocycles. The van der Waals surface area contributed by atoms with Gasteiger partial charge in [-0.25, -0.2) is 14.2 Å². The molecule has 0 unspecified atom stereocenters. The van der Waals surface area contributed by atoms with Gasteiger partial charge in [0, 0.05) is 18.5 Å². The minimum absolute atomic E-state index is 0.0710. The number of nitrogens with zero attached hydrogens (tertiary/aromatic N) is 1. The number of carbonyl (C=O) groups is 1. The van der Waals surface area contributed by atoms with Crippen LogP contribution in [-0.2, 0) is 13.1 Å². The Bertz CT molecular complexity index is 603. The van der Waals surface area contributed by atoms with Crippen LogP contribution in [0, 0.1) is 5.82 Å². The van der Waals surface area contributed by atoms with E-state index in [1.54, 1.807) is 17.5 Å². The highest BCUT2D eigenvalue weighted by molar-refractivity contribution is 7.11. The summed E-state index contributed by atoms with van der Waals surface area (Å²) in [7, 11) is 0. The van der Waals surface area contributed by atoms with Crippen LogP contribution in [0.5, 0.6) is 0 Å². The van der Waals surface area contributed by atoms with E-state index in [1.807, 2.05) is 0 Å².